The van der Waals surface area contributed by atoms with E-state index in [1.54, 1.807) is 0 Å². The van der Waals surface area contributed by atoms with Gasteiger partial charge in [0, 0.05) is 6.04 Å². The van der Waals surface area contributed by atoms with E-state index in [0.29, 0.717) is 12.0 Å². The fraction of sp³-hybridized carbons (Fsp3) is 0.600. The molecule has 1 saturated carbocycles. The SMILES string of the molecule is CC1CCC(Nc2nc(Cl)ncc2F)C1. The Morgan fingerprint density at radius 3 is 3.00 bits per heavy atom. The van der Waals surface area contributed by atoms with Crippen LogP contribution in [0.3, 0.4) is 0 Å². The van der Waals surface area contributed by atoms with Gasteiger partial charge in [-0.3, -0.25) is 0 Å². The van der Waals surface area contributed by atoms with Crippen molar-refractivity contribution in [1.82, 2.24) is 9.97 Å². The second-order valence-electron chi connectivity index (χ2n) is 4.10. The van der Waals surface area contributed by atoms with E-state index in [-0.39, 0.29) is 11.1 Å². The molecule has 3 nitrogen and oxygen atoms in total. The average molecular weight is 230 g/mol. The molecule has 1 N–H and O–H groups in total. The molecule has 1 heterocycles. The minimum Gasteiger partial charge on any atom is -0.365 e. The van der Waals surface area contributed by atoms with Crippen molar-refractivity contribution in [3.63, 3.8) is 0 Å². The molecule has 1 aromatic heterocycles. The van der Waals surface area contributed by atoms with Crippen LogP contribution in [-0.2, 0) is 0 Å². The Labute approximate surface area is 93.1 Å². The molecule has 5 heteroatoms. The maximum Gasteiger partial charge on any atom is 0.224 e. The van der Waals surface area contributed by atoms with Crippen molar-refractivity contribution in [3.05, 3.63) is 17.3 Å². The number of hydrogen-bond acceptors (Lipinski definition) is 3. The van der Waals surface area contributed by atoms with Gasteiger partial charge in [0.2, 0.25) is 5.28 Å². The van der Waals surface area contributed by atoms with Crippen LogP contribution in [0.4, 0.5) is 10.2 Å². The number of hydrogen-bond donors (Lipinski definition) is 1. The van der Waals surface area contributed by atoms with Gasteiger partial charge in [0.05, 0.1) is 6.20 Å². The highest BCUT2D eigenvalue weighted by Gasteiger charge is 2.22. The van der Waals surface area contributed by atoms with Gasteiger partial charge >= 0.3 is 0 Å². The van der Waals surface area contributed by atoms with Crippen LogP contribution < -0.4 is 5.32 Å². The molecule has 0 saturated heterocycles. The molecule has 2 atom stereocenters. The quantitative estimate of drug-likeness (QED) is 0.793. The van der Waals surface area contributed by atoms with E-state index in [9.17, 15) is 4.39 Å². The highest BCUT2D eigenvalue weighted by atomic mass is 35.5. The summed E-state index contributed by atoms with van der Waals surface area (Å²) in [7, 11) is 0. The third-order valence-electron chi connectivity index (χ3n) is 2.75. The maximum absolute atomic E-state index is 13.3. The molecule has 0 amide bonds. The second kappa shape index (κ2) is 4.31. The minimum atomic E-state index is -0.445. The highest BCUT2D eigenvalue weighted by molar-refractivity contribution is 6.28. The molecular weight excluding hydrogens is 217 g/mol. The molecule has 15 heavy (non-hydrogen) atoms. The van der Waals surface area contributed by atoms with E-state index in [1.807, 2.05) is 0 Å². The molecule has 82 valence electrons. The fourth-order valence-corrected chi connectivity index (χ4v) is 2.11. The summed E-state index contributed by atoms with van der Waals surface area (Å²) in [6.07, 6.45) is 4.39. The lowest BCUT2D eigenvalue weighted by molar-refractivity contribution is 0.592. The van der Waals surface area contributed by atoms with Gasteiger partial charge in [-0.1, -0.05) is 6.92 Å². The summed E-state index contributed by atoms with van der Waals surface area (Å²) in [6, 6.07) is 0.306. The van der Waals surface area contributed by atoms with Crippen LogP contribution in [0.15, 0.2) is 6.20 Å². The predicted molar refractivity (Wildman–Crippen MR) is 57.4 cm³/mol. The van der Waals surface area contributed by atoms with Crippen LogP contribution in [0.2, 0.25) is 5.28 Å². The van der Waals surface area contributed by atoms with Gasteiger partial charge in [-0.15, -0.1) is 0 Å². The summed E-state index contributed by atoms with van der Waals surface area (Å²) in [5.74, 6) is 0.468. The molecule has 1 aliphatic carbocycles. The summed E-state index contributed by atoms with van der Waals surface area (Å²) in [5, 5.41) is 3.14. The summed E-state index contributed by atoms with van der Waals surface area (Å²) in [4.78, 5) is 7.40. The summed E-state index contributed by atoms with van der Waals surface area (Å²) < 4.78 is 13.3. The van der Waals surface area contributed by atoms with E-state index in [0.717, 1.165) is 19.0 Å². The van der Waals surface area contributed by atoms with Crippen molar-refractivity contribution in [1.29, 1.82) is 0 Å². The van der Waals surface area contributed by atoms with Crippen molar-refractivity contribution in [2.45, 2.75) is 32.2 Å². The largest absolute Gasteiger partial charge is 0.365 e. The Morgan fingerprint density at radius 1 is 1.53 bits per heavy atom. The van der Waals surface area contributed by atoms with Crippen molar-refractivity contribution in [2.75, 3.05) is 5.32 Å². The van der Waals surface area contributed by atoms with E-state index in [2.05, 4.69) is 22.2 Å². The summed E-state index contributed by atoms with van der Waals surface area (Å²) in [5.41, 5.74) is 0. The lowest BCUT2D eigenvalue weighted by Gasteiger charge is -2.13. The third kappa shape index (κ3) is 2.56. The Balaban J connectivity index is 2.07. The molecule has 2 unspecified atom stereocenters. The molecular formula is C10H13ClFN3. The zero-order chi connectivity index (χ0) is 10.8. The lowest BCUT2D eigenvalue weighted by atomic mass is 10.1. The smallest absolute Gasteiger partial charge is 0.224 e. The Hall–Kier alpha value is -0.900. The zero-order valence-electron chi connectivity index (χ0n) is 8.50. The molecule has 1 aromatic rings. The first kappa shape index (κ1) is 10.6. The number of nitrogens with one attached hydrogen (secondary N) is 1. The van der Waals surface area contributed by atoms with Crippen LogP contribution in [0, 0.1) is 11.7 Å². The highest BCUT2D eigenvalue weighted by Crippen LogP contribution is 2.27. The molecule has 0 aliphatic heterocycles. The van der Waals surface area contributed by atoms with Gasteiger partial charge in [0.1, 0.15) is 0 Å². The lowest BCUT2D eigenvalue weighted by Crippen LogP contribution is -2.17. The second-order valence-corrected chi connectivity index (χ2v) is 4.43. The Morgan fingerprint density at radius 2 is 2.33 bits per heavy atom. The number of rotatable bonds is 2. The third-order valence-corrected chi connectivity index (χ3v) is 2.93. The molecule has 0 bridgehead atoms. The van der Waals surface area contributed by atoms with Crippen LogP contribution in [0.5, 0.6) is 0 Å². The van der Waals surface area contributed by atoms with Crippen molar-refractivity contribution >= 4 is 17.4 Å². The molecule has 1 fully saturated rings. The van der Waals surface area contributed by atoms with Gasteiger partial charge < -0.3 is 5.32 Å². The Bertz CT molecular complexity index is 359. The number of anilines is 1. The van der Waals surface area contributed by atoms with Crippen molar-refractivity contribution in [3.8, 4) is 0 Å². The van der Waals surface area contributed by atoms with E-state index >= 15 is 0 Å². The molecule has 2 rings (SSSR count). The fourth-order valence-electron chi connectivity index (χ4n) is 1.98. The first-order chi connectivity index (χ1) is 7.15. The topological polar surface area (TPSA) is 37.8 Å². The van der Waals surface area contributed by atoms with Crippen molar-refractivity contribution < 1.29 is 4.39 Å². The number of nitrogens with zero attached hydrogens (tertiary/aromatic N) is 2. The van der Waals surface area contributed by atoms with E-state index in [4.69, 9.17) is 11.6 Å². The first-order valence-electron chi connectivity index (χ1n) is 5.09. The molecule has 0 spiro atoms. The van der Waals surface area contributed by atoms with Crippen LogP contribution in [0.25, 0.3) is 0 Å². The van der Waals surface area contributed by atoms with E-state index in [1.165, 1.54) is 6.42 Å². The normalized spacial score (nSPS) is 25.5. The standard InChI is InChI=1S/C10H13ClFN3/c1-6-2-3-7(4-6)14-9-8(12)5-13-10(11)15-9/h5-7H,2-4H2,1H3,(H,13,14,15). The van der Waals surface area contributed by atoms with Crippen molar-refractivity contribution in [2.24, 2.45) is 5.92 Å². The van der Waals surface area contributed by atoms with E-state index < -0.39 is 5.82 Å². The predicted octanol–water partition coefficient (Wildman–Crippen LogP) is 2.87. The van der Waals surface area contributed by atoms with Gasteiger partial charge in [-0.25, -0.2) is 9.37 Å². The van der Waals surface area contributed by atoms with Gasteiger partial charge in [-0.2, -0.15) is 4.98 Å². The van der Waals surface area contributed by atoms with Crippen LogP contribution in [0.1, 0.15) is 26.2 Å². The zero-order valence-corrected chi connectivity index (χ0v) is 9.26. The monoisotopic (exact) mass is 229 g/mol. The molecule has 1 aliphatic rings. The minimum absolute atomic E-state index is 0.0740. The summed E-state index contributed by atoms with van der Waals surface area (Å²) in [6.45, 7) is 2.20. The van der Waals surface area contributed by atoms with Crippen LogP contribution >= 0.6 is 11.6 Å². The molecule has 0 aromatic carbocycles. The summed E-state index contributed by atoms with van der Waals surface area (Å²) >= 11 is 5.60. The number of halogens is 2. The van der Waals surface area contributed by atoms with Crippen LogP contribution in [-0.4, -0.2) is 16.0 Å². The molecule has 0 radical (unpaired) electrons. The first-order valence-corrected chi connectivity index (χ1v) is 5.47. The average Bonchev–Trinajstić information content (AvgIpc) is 2.58. The Kier molecular flexibility index (Phi) is 3.05. The van der Waals surface area contributed by atoms with Gasteiger partial charge in [0.15, 0.2) is 11.6 Å². The number of aromatic nitrogens is 2. The maximum atomic E-state index is 13.3. The van der Waals surface area contributed by atoms with Gasteiger partial charge in [0.25, 0.3) is 0 Å². The van der Waals surface area contributed by atoms with Gasteiger partial charge in [-0.05, 0) is 36.8 Å².